The van der Waals surface area contributed by atoms with E-state index in [0.29, 0.717) is 12.5 Å². The molecule has 0 bridgehead atoms. The Morgan fingerprint density at radius 1 is 1.35 bits per heavy atom. The van der Waals surface area contributed by atoms with E-state index in [-0.39, 0.29) is 5.95 Å². The molecule has 6 heteroatoms. The van der Waals surface area contributed by atoms with Crippen molar-refractivity contribution in [1.29, 1.82) is 0 Å². The van der Waals surface area contributed by atoms with E-state index in [4.69, 9.17) is 10.5 Å². The second-order valence-corrected chi connectivity index (χ2v) is 4.62. The number of thiazole rings is 1. The van der Waals surface area contributed by atoms with Crippen LogP contribution in [0.25, 0.3) is 0 Å². The van der Waals surface area contributed by atoms with Crippen LogP contribution >= 0.6 is 11.3 Å². The number of ether oxygens (including phenoxy) is 1. The van der Waals surface area contributed by atoms with Crippen molar-refractivity contribution in [3.05, 3.63) is 27.8 Å². The van der Waals surface area contributed by atoms with Crippen molar-refractivity contribution in [2.24, 2.45) is 0 Å². The Hall–Kier alpha value is -1.69. The Labute approximate surface area is 104 Å². The molecule has 2 heterocycles. The molecule has 0 unspecified atom stereocenters. The van der Waals surface area contributed by atoms with Gasteiger partial charge in [-0.25, -0.2) is 9.97 Å². The molecule has 17 heavy (non-hydrogen) atoms. The lowest BCUT2D eigenvalue weighted by Crippen LogP contribution is -2.06. The number of hydrogen-bond acceptors (Lipinski definition) is 6. The number of anilines is 1. The Bertz CT molecular complexity index is 512. The quantitative estimate of drug-likeness (QED) is 0.895. The van der Waals surface area contributed by atoms with Crippen molar-refractivity contribution in [3.63, 3.8) is 0 Å². The maximum Gasteiger partial charge on any atom is 0.223 e. The third kappa shape index (κ3) is 2.91. The second-order valence-electron chi connectivity index (χ2n) is 3.68. The van der Waals surface area contributed by atoms with Crippen LogP contribution < -0.4 is 10.5 Å². The zero-order valence-corrected chi connectivity index (χ0v) is 10.6. The van der Waals surface area contributed by atoms with Gasteiger partial charge in [0.05, 0.1) is 17.8 Å². The van der Waals surface area contributed by atoms with Gasteiger partial charge in [0.25, 0.3) is 0 Å². The highest BCUT2D eigenvalue weighted by Gasteiger charge is 2.05. The maximum absolute atomic E-state index is 5.59. The Morgan fingerprint density at radius 2 is 2.18 bits per heavy atom. The number of nitrogen functional groups attached to an aromatic ring is 1. The normalized spacial score (nSPS) is 10.5. The van der Waals surface area contributed by atoms with Crippen LogP contribution in [0, 0.1) is 13.8 Å². The molecule has 0 saturated heterocycles. The van der Waals surface area contributed by atoms with Crippen molar-refractivity contribution in [2.75, 3.05) is 12.3 Å². The molecule has 0 saturated carbocycles. The summed E-state index contributed by atoms with van der Waals surface area (Å²) in [6, 6.07) is 0. The van der Waals surface area contributed by atoms with Gasteiger partial charge >= 0.3 is 0 Å². The molecule has 0 spiro atoms. The molecule has 0 aliphatic carbocycles. The van der Waals surface area contributed by atoms with E-state index in [1.807, 2.05) is 19.4 Å². The summed E-state index contributed by atoms with van der Waals surface area (Å²) >= 11 is 1.64. The highest BCUT2D eigenvalue weighted by atomic mass is 32.1. The van der Waals surface area contributed by atoms with Gasteiger partial charge in [-0.3, -0.25) is 0 Å². The summed E-state index contributed by atoms with van der Waals surface area (Å²) in [5.74, 6) is 0.791. The van der Waals surface area contributed by atoms with Crippen LogP contribution in [0.2, 0.25) is 0 Å². The summed E-state index contributed by atoms with van der Waals surface area (Å²) in [6.07, 6.45) is 2.50. The third-order valence-electron chi connectivity index (χ3n) is 2.36. The van der Waals surface area contributed by atoms with Gasteiger partial charge in [-0.2, -0.15) is 4.98 Å². The van der Waals surface area contributed by atoms with Crippen LogP contribution in [0.15, 0.2) is 11.7 Å². The molecule has 0 atom stereocenters. The van der Waals surface area contributed by atoms with E-state index in [0.717, 1.165) is 17.7 Å². The van der Waals surface area contributed by atoms with Gasteiger partial charge in [0, 0.05) is 23.1 Å². The molecule has 0 amide bonds. The van der Waals surface area contributed by atoms with Gasteiger partial charge in [-0.05, 0) is 13.8 Å². The smallest absolute Gasteiger partial charge is 0.223 e. The van der Waals surface area contributed by atoms with Gasteiger partial charge < -0.3 is 10.5 Å². The molecule has 0 aliphatic heterocycles. The first-order chi connectivity index (χ1) is 8.16. The van der Waals surface area contributed by atoms with Crippen LogP contribution in [-0.2, 0) is 6.42 Å². The van der Waals surface area contributed by atoms with Gasteiger partial charge in [0.1, 0.15) is 0 Å². The number of hydrogen-bond donors (Lipinski definition) is 1. The van der Waals surface area contributed by atoms with Crippen molar-refractivity contribution in [2.45, 2.75) is 20.3 Å². The van der Waals surface area contributed by atoms with Crippen LogP contribution in [0.4, 0.5) is 5.95 Å². The van der Waals surface area contributed by atoms with Gasteiger partial charge in [0.15, 0.2) is 0 Å². The van der Waals surface area contributed by atoms with Crippen molar-refractivity contribution in [1.82, 2.24) is 15.0 Å². The van der Waals surface area contributed by atoms with Crippen molar-refractivity contribution < 1.29 is 4.74 Å². The highest BCUT2D eigenvalue weighted by Crippen LogP contribution is 2.16. The Kier molecular flexibility index (Phi) is 3.53. The number of nitrogens with two attached hydrogens (primary N) is 1. The second kappa shape index (κ2) is 5.09. The predicted molar refractivity (Wildman–Crippen MR) is 67.2 cm³/mol. The molecule has 5 nitrogen and oxygen atoms in total. The fraction of sp³-hybridized carbons (Fsp3) is 0.364. The third-order valence-corrected chi connectivity index (χ3v) is 3.35. The molecule has 0 radical (unpaired) electrons. The first kappa shape index (κ1) is 11.8. The summed E-state index contributed by atoms with van der Waals surface area (Å²) in [4.78, 5) is 13.4. The lowest BCUT2D eigenvalue weighted by molar-refractivity contribution is 0.308. The fourth-order valence-electron chi connectivity index (χ4n) is 1.39. The van der Waals surface area contributed by atoms with E-state index in [1.165, 1.54) is 4.88 Å². The van der Waals surface area contributed by atoms with Crippen LogP contribution in [0.1, 0.15) is 16.1 Å². The standard InChI is InChI=1S/C11H14N4OS/c1-7-5-13-11(12)15-10(7)16-4-3-9-8(2)14-6-17-9/h5-6H,3-4H2,1-2H3,(H2,12,13,15). The Balaban J connectivity index is 1.94. The zero-order valence-electron chi connectivity index (χ0n) is 9.80. The molecular weight excluding hydrogens is 236 g/mol. The minimum atomic E-state index is 0.236. The van der Waals surface area contributed by atoms with E-state index in [9.17, 15) is 0 Å². The van der Waals surface area contributed by atoms with E-state index < -0.39 is 0 Å². The summed E-state index contributed by atoms with van der Waals surface area (Å²) in [5.41, 5.74) is 9.31. The molecule has 2 N–H and O–H groups in total. The lowest BCUT2D eigenvalue weighted by Gasteiger charge is -2.07. The molecule has 0 aromatic carbocycles. The lowest BCUT2D eigenvalue weighted by atomic mass is 10.3. The largest absolute Gasteiger partial charge is 0.477 e. The number of rotatable bonds is 4. The maximum atomic E-state index is 5.59. The summed E-state index contributed by atoms with van der Waals surface area (Å²) in [5, 5.41) is 0. The first-order valence-corrected chi connectivity index (χ1v) is 6.15. The van der Waals surface area contributed by atoms with E-state index in [1.54, 1.807) is 17.5 Å². The minimum absolute atomic E-state index is 0.236. The van der Waals surface area contributed by atoms with Crippen molar-refractivity contribution in [3.8, 4) is 5.88 Å². The molecule has 90 valence electrons. The average Bonchev–Trinajstić information content (AvgIpc) is 2.70. The van der Waals surface area contributed by atoms with Crippen LogP contribution in [-0.4, -0.2) is 21.6 Å². The summed E-state index contributed by atoms with van der Waals surface area (Å²) in [6.45, 7) is 4.47. The Morgan fingerprint density at radius 3 is 2.88 bits per heavy atom. The monoisotopic (exact) mass is 250 g/mol. The number of aromatic nitrogens is 3. The van der Waals surface area contributed by atoms with E-state index in [2.05, 4.69) is 15.0 Å². The van der Waals surface area contributed by atoms with Gasteiger partial charge in [0.2, 0.25) is 11.8 Å². The predicted octanol–water partition coefficient (Wildman–Crippen LogP) is 1.75. The summed E-state index contributed by atoms with van der Waals surface area (Å²) < 4.78 is 5.59. The van der Waals surface area contributed by atoms with Crippen LogP contribution in [0.3, 0.4) is 0 Å². The van der Waals surface area contributed by atoms with Crippen molar-refractivity contribution >= 4 is 17.3 Å². The fourth-order valence-corrected chi connectivity index (χ4v) is 2.15. The molecule has 0 aliphatic rings. The molecule has 0 fully saturated rings. The minimum Gasteiger partial charge on any atom is -0.477 e. The topological polar surface area (TPSA) is 73.9 Å². The molecule has 2 aromatic heterocycles. The number of nitrogens with zero attached hydrogens (tertiary/aromatic N) is 3. The molecule has 2 aromatic rings. The number of aryl methyl sites for hydroxylation is 2. The first-order valence-electron chi connectivity index (χ1n) is 5.27. The highest BCUT2D eigenvalue weighted by molar-refractivity contribution is 7.09. The van der Waals surface area contributed by atoms with Gasteiger partial charge in [-0.1, -0.05) is 0 Å². The SMILES string of the molecule is Cc1cnc(N)nc1OCCc1scnc1C. The van der Waals surface area contributed by atoms with E-state index >= 15 is 0 Å². The average molecular weight is 250 g/mol. The molecular formula is C11H14N4OS. The van der Waals surface area contributed by atoms with Crippen LogP contribution in [0.5, 0.6) is 5.88 Å². The summed E-state index contributed by atoms with van der Waals surface area (Å²) in [7, 11) is 0. The zero-order chi connectivity index (χ0) is 12.3. The molecule has 2 rings (SSSR count). The van der Waals surface area contributed by atoms with Gasteiger partial charge in [-0.15, -0.1) is 11.3 Å².